The van der Waals surface area contributed by atoms with Crippen molar-refractivity contribution in [3.63, 3.8) is 0 Å². The maximum atomic E-state index is 9.74. The third-order valence-electron chi connectivity index (χ3n) is 5.83. The molecule has 1 fully saturated rings. The molecule has 0 amide bonds. The van der Waals surface area contributed by atoms with Crippen LogP contribution in [-0.2, 0) is 4.43 Å². The van der Waals surface area contributed by atoms with Gasteiger partial charge in [0.15, 0.2) is 8.32 Å². The van der Waals surface area contributed by atoms with E-state index in [9.17, 15) is 5.11 Å². The van der Waals surface area contributed by atoms with Crippen molar-refractivity contribution in [2.24, 2.45) is 17.8 Å². The second kappa shape index (κ2) is 7.41. The molecule has 1 unspecified atom stereocenters. The Morgan fingerprint density at radius 1 is 1.15 bits per heavy atom. The van der Waals surface area contributed by atoms with Crippen LogP contribution in [0.15, 0.2) is 0 Å². The summed E-state index contributed by atoms with van der Waals surface area (Å²) < 4.78 is 6.33. The molecule has 0 radical (unpaired) electrons. The van der Waals surface area contributed by atoms with E-state index in [1.165, 1.54) is 32.1 Å². The topological polar surface area (TPSA) is 29.5 Å². The van der Waals surface area contributed by atoms with Gasteiger partial charge in [0.1, 0.15) is 0 Å². The Labute approximate surface area is 127 Å². The largest absolute Gasteiger partial charge is 0.416 e. The second-order valence-electron chi connectivity index (χ2n) is 8.20. The van der Waals surface area contributed by atoms with Crippen LogP contribution in [0.1, 0.15) is 59.8 Å². The van der Waals surface area contributed by atoms with Crippen LogP contribution in [0.3, 0.4) is 0 Å². The number of aliphatic hydroxyl groups excluding tert-OH is 1. The summed E-state index contributed by atoms with van der Waals surface area (Å²) in [5, 5.41) is 9.99. The van der Waals surface area contributed by atoms with E-state index < -0.39 is 8.32 Å². The van der Waals surface area contributed by atoms with E-state index in [1.54, 1.807) is 0 Å². The van der Waals surface area contributed by atoms with Crippen LogP contribution in [0.2, 0.25) is 18.1 Å². The van der Waals surface area contributed by atoms with Gasteiger partial charge in [-0.15, -0.1) is 0 Å². The summed E-state index contributed by atoms with van der Waals surface area (Å²) >= 11 is 0. The van der Waals surface area contributed by atoms with Crippen molar-refractivity contribution in [2.45, 2.75) is 77.9 Å². The zero-order valence-corrected chi connectivity index (χ0v) is 15.5. The summed E-state index contributed by atoms with van der Waals surface area (Å²) in [7, 11) is -1.68. The first-order valence-corrected chi connectivity index (χ1v) is 11.4. The molecule has 0 spiro atoms. The predicted molar refractivity (Wildman–Crippen MR) is 89.5 cm³/mol. The minimum Gasteiger partial charge on any atom is -0.416 e. The number of rotatable bonds is 6. The van der Waals surface area contributed by atoms with Crippen LogP contribution in [0.4, 0.5) is 0 Å². The molecule has 0 heterocycles. The molecule has 0 saturated heterocycles. The van der Waals surface area contributed by atoms with Crippen LogP contribution < -0.4 is 0 Å². The normalized spacial score (nSPS) is 26.6. The van der Waals surface area contributed by atoms with E-state index >= 15 is 0 Å². The number of aliphatic hydroxyl groups is 1. The molecule has 1 aliphatic rings. The predicted octanol–water partition coefficient (Wildman–Crippen LogP) is 4.83. The Morgan fingerprint density at radius 3 is 2.10 bits per heavy atom. The standard InChI is InChI=1S/C17H36O2Si/c1-7-14-8-10-15(11-9-14)16(12-18)13-19-20(5,6)17(2,3)4/h14-16,18H,7-13H2,1-6H3. The van der Waals surface area contributed by atoms with Gasteiger partial charge in [0, 0.05) is 19.1 Å². The summed E-state index contributed by atoms with van der Waals surface area (Å²) in [4.78, 5) is 0. The van der Waals surface area contributed by atoms with Crippen molar-refractivity contribution < 1.29 is 9.53 Å². The summed E-state index contributed by atoms with van der Waals surface area (Å²) in [6.45, 7) is 14.8. The zero-order valence-electron chi connectivity index (χ0n) is 14.5. The van der Waals surface area contributed by atoms with Crippen molar-refractivity contribution in [1.82, 2.24) is 0 Å². The lowest BCUT2D eigenvalue weighted by atomic mass is 9.75. The lowest BCUT2D eigenvalue weighted by Crippen LogP contribution is -2.43. The van der Waals surface area contributed by atoms with Gasteiger partial charge in [-0.25, -0.2) is 0 Å². The van der Waals surface area contributed by atoms with Gasteiger partial charge in [0.2, 0.25) is 0 Å². The fourth-order valence-electron chi connectivity index (χ4n) is 2.94. The summed E-state index contributed by atoms with van der Waals surface area (Å²) in [6.07, 6.45) is 6.57. The van der Waals surface area contributed by atoms with Crippen LogP contribution in [-0.4, -0.2) is 26.6 Å². The van der Waals surface area contributed by atoms with E-state index in [1.807, 2.05) is 0 Å². The molecule has 0 aromatic carbocycles. The van der Waals surface area contributed by atoms with Gasteiger partial charge in [0.05, 0.1) is 0 Å². The Balaban J connectivity index is 2.48. The molecule has 1 rings (SSSR count). The number of hydrogen-bond donors (Lipinski definition) is 1. The van der Waals surface area contributed by atoms with E-state index in [0.717, 1.165) is 12.5 Å². The molecule has 2 nitrogen and oxygen atoms in total. The average Bonchev–Trinajstić information content (AvgIpc) is 2.38. The van der Waals surface area contributed by atoms with Crippen molar-refractivity contribution in [3.05, 3.63) is 0 Å². The molecule has 0 aliphatic heterocycles. The maximum Gasteiger partial charge on any atom is 0.191 e. The first-order chi connectivity index (χ1) is 9.21. The first kappa shape index (κ1) is 18.2. The van der Waals surface area contributed by atoms with Gasteiger partial charge in [0.25, 0.3) is 0 Å². The highest BCUT2D eigenvalue weighted by Crippen LogP contribution is 2.39. The number of hydrogen-bond acceptors (Lipinski definition) is 2. The minimum absolute atomic E-state index is 0.257. The lowest BCUT2D eigenvalue weighted by molar-refractivity contribution is 0.0826. The third kappa shape index (κ3) is 4.85. The molecule has 0 bridgehead atoms. The summed E-state index contributed by atoms with van der Waals surface area (Å²) in [6, 6.07) is 0. The third-order valence-corrected chi connectivity index (χ3v) is 10.3. The van der Waals surface area contributed by atoms with Crippen LogP contribution in [0.5, 0.6) is 0 Å². The molecule has 1 saturated carbocycles. The van der Waals surface area contributed by atoms with Gasteiger partial charge in [-0.1, -0.05) is 47.0 Å². The SMILES string of the molecule is CCC1CCC(C(CO)CO[Si](C)(C)C(C)(C)C)CC1. The van der Waals surface area contributed by atoms with Crippen molar-refractivity contribution in [1.29, 1.82) is 0 Å². The summed E-state index contributed by atoms with van der Waals surface area (Å²) in [5.74, 6) is 1.95. The zero-order chi connectivity index (χ0) is 15.4. The fraction of sp³-hybridized carbons (Fsp3) is 1.00. The molecule has 20 heavy (non-hydrogen) atoms. The smallest absolute Gasteiger partial charge is 0.191 e. The van der Waals surface area contributed by atoms with E-state index in [0.29, 0.717) is 11.8 Å². The van der Waals surface area contributed by atoms with Gasteiger partial charge in [-0.3, -0.25) is 0 Å². The fourth-order valence-corrected chi connectivity index (χ4v) is 4.00. The Morgan fingerprint density at radius 2 is 1.70 bits per heavy atom. The molecule has 1 atom stereocenters. The van der Waals surface area contributed by atoms with E-state index in [2.05, 4.69) is 40.8 Å². The van der Waals surface area contributed by atoms with Crippen LogP contribution in [0, 0.1) is 17.8 Å². The monoisotopic (exact) mass is 300 g/mol. The van der Waals surface area contributed by atoms with Crippen molar-refractivity contribution in [3.8, 4) is 0 Å². The highest BCUT2D eigenvalue weighted by atomic mass is 28.4. The quantitative estimate of drug-likeness (QED) is 0.712. The molecule has 1 aliphatic carbocycles. The highest BCUT2D eigenvalue weighted by Gasteiger charge is 2.38. The van der Waals surface area contributed by atoms with Crippen LogP contribution >= 0.6 is 0 Å². The second-order valence-corrected chi connectivity index (χ2v) is 13.0. The van der Waals surface area contributed by atoms with Gasteiger partial charge in [-0.2, -0.15) is 0 Å². The van der Waals surface area contributed by atoms with Crippen molar-refractivity contribution >= 4 is 8.32 Å². The Kier molecular flexibility index (Phi) is 6.74. The van der Waals surface area contributed by atoms with E-state index in [-0.39, 0.29) is 11.6 Å². The van der Waals surface area contributed by atoms with Gasteiger partial charge in [-0.05, 0) is 42.8 Å². The Hall–Kier alpha value is 0.137. The first-order valence-electron chi connectivity index (χ1n) is 8.46. The molecular weight excluding hydrogens is 264 g/mol. The molecule has 1 N–H and O–H groups in total. The minimum atomic E-state index is -1.68. The molecule has 120 valence electrons. The van der Waals surface area contributed by atoms with Crippen molar-refractivity contribution in [2.75, 3.05) is 13.2 Å². The van der Waals surface area contributed by atoms with Crippen LogP contribution in [0.25, 0.3) is 0 Å². The molecule has 3 heteroatoms. The molecule has 0 aromatic rings. The Bertz CT molecular complexity index is 275. The van der Waals surface area contributed by atoms with Gasteiger partial charge >= 0.3 is 0 Å². The molecule has 0 aromatic heterocycles. The summed E-state index contributed by atoms with van der Waals surface area (Å²) in [5.41, 5.74) is 0. The maximum absolute atomic E-state index is 9.74. The highest BCUT2D eigenvalue weighted by molar-refractivity contribution is 6.74. The average molecular weight is 301 g/mol. The molecular formula is C17H36O2Si. The van der Waals surface area contributed by atoms with Gasteiger partial charge < -0.3 is 9.53 Å². The lowest BCUT2D eigenvalue weighted by Gasteiger charge is -2.39. The van der Waals surface area contributed by atoms with E-state index in [4.69, 9.17) is 4.43 Å².